The molecule has 1 nitrogen and oxygen atoms in total. The predicted octanol–water partition coefficient (Wildman–Crippen LogP) is 4.29. The van der Waals surface area contributed by atoms with E-state index in [9.17, 15) is 0 Å². The topological polar surface area (TPSA) is 12.9 Å². The van der Waals surface area contributed by atoms with Crippen molar-refractivity contribution in [3.63, 3.8) is 0 Å². The Hall–Kier alpha value is -0.0200. The number of thioether (sulfide) groups is 1. The molecule has 0 aliphatic rings. The molecule has 78 valence electrons. The molecule has 0 N–H and O–H groups in total. The van der Waals surface area contributed by atoms with E-state index >= 15 is 0 Å². The van der Waals surface area contributed by atoms with Gasteiger partial charge in [0.25, 0.3) is 0 Å². The van der Waals surface area contributed by atoms with Gasteiger partial charge in [0.05, 0.1) is 4.47 Å². The van der Waals surface area contributed by atoms with Crippen molar-refractivity contribution in [1.82, 2.24) is 4.98 Å². The molecule has 0 atom stereocenters. The van der Waals surface area contributed by atoms with Crippen LogP contribution < -0.4 is 0 Å². The van der Waals surface area contributed by atoms with Gasteiger partial charge in [-0.3, -0.25) is 0 Å². The molecule has 0 fully saturated rings. The van der Waals surface area contributed by atoms with Crippen LogP contribution in [0.1, 0.15) is 25.8 Å². The molecule has 0 amide bonds. The second-order valence-electron chi connectivity index (χ2n) is 3.78. The summed E-state index contributed by atoms with van der Waals surface area (Å²) in [7, 11) is 0. The molecule has 0 radical (unpaired) electrons. The van der Waals surface area contributed by atoms with Gasteiger partial charge in [-0.15, -0.1) is 11.8 Å². The van der Waals surface area contributed by atoms with E-state index < -0.39 is 0 Å². The number of nitrogens with zero attached hydrogens (tertiary/aromatic N) is 1. The second kappa shape index (κ2) is 5.76. The molecule has 0 saturated heterocycles. The largest absolute Gasteiger partial charge is 0.249 e. The Labute approximate surface area is 98.8 Å². The van der Waals surface area contributed by atoms with Gasteiger partial charge in [-0.2, -0.15) is 0 Å². The van der Waals surface area contributed by atoms with Crippen LogP contribution in [0.2, 0.25) is 0 Å². The maximum Gasteiger partial charge on any atom is 0.110 e. The van der Waals surface area contributed by atoms with Crippen LogP contribution in [0.25, 0.3) is 0 Å². The Bertz CT molecular complexity index is 299. The molecule has 1 aromatic heterocycles. The highest BCUT2D eigenvalue weighted by atomic mass is 79.9. The maximum atomic E-state index is 4.35. The highest BCUT2D eigenvalue weighted by molar-refractivity contribution is 9.10. The van der Waals surface area contributed by atoms with Crippen LogP contribution in [0.15, 0.2) is 21.8 Å². The Morgan fingerprint density at radius 1 is 1.50 bits per heavy atom. The molecule has 0 bridgehead atoms. The van der Waals surface area contributed by atoms with Gasteiger partial charge in [0.15, 0.2) is 0 Å². The van der Waals surface area contributed by atoms with Gasteiger partial charge in [-0.25, -0.2) is 4.98 Å². The second-order valence-corrected chi connectivity index (χ2v) is 5.65. The Kier molecular flexibility index (Phi) is 4.96. The zero-order chi connectivity index (χ0) is 10.6. The Balaban J connectivity index is 2.54. The van der Waals surface area contributed by atoms with E-state index in [1.807, 2.05) is 24.0 Å². The fraction of sp³-hybridized carbons (Fsp3) is 0.545. The van der Waals surface area contributed by atoms with Crippen molar-refractivity contribution in [3.8, 4) is 0 Å². The summed E-state index contributed by atoms with van der Waals surface area (Å²) >= 11 is 5.40. The molecule has 0 aliphatic heterocycles. The minimum atomic E-state index is 0.770. The standard InChI is InChI=1S/C11H16BrNS/c1-8(2)5-7-14-11-10(12)9(3)4-6-13-11/h4,6,8H,5,7H2,1-3H3. The van der Waals surface area contributed by atoms with Gasteiger partial charge in [0, 0.05) is 6.20 Å². The first-order chi connectivity index (χ1) is 6.61. The summed E-state index contributed by atoms with van der Waals surface area (Å²) < 4.78 is 1.15. The quantitative estimate of drug-likeness (QED) is 0.760. The summed E-state index contributed by atoms with van der Waals surface area (Å²) in [4.78, 5) is 4.35. The SMILES string of the molecule is Cc1ccnc(SCCC(C)C)c1Br. The summed E-state index contributed by atoms with van der Waals surface area (Å²) in [5.74, 6) is 1.92. The van der Waals surface area contributed by atoms with Gasteiger partial charge in [0.2, 0.25) is 0 Å². The van der Waals surface area contributed by atoms with Gasteiger partial charge in [-0.1, -0.05) is 13.8 Å². The first-order valence-corrected chi connectivity index (χ1v) is 6.63. The molecule has 14 heavy (non-hydrogen) atoms. The van der Waals surface area contributed by atoms with Gasteiger partial charge in [-0.05, 0) is 52.6 Å². The highest BCUT2D eigenvalue weighted by Crippen LogP contribution is 2.28. The first-order valence-electron chi connectivity index (χ1n) is 4.85. The van der Waals surface area contributed by atoms with E-state index in [0.29, 0.717) is 0 Å². The zero-order valence-electron chi connectivity index (χ0n) is 8.88. The lowest BCUT2D eigenvalue weighted by atomic mass is 10.2. The highest BCUT2D eigenvalue weighted by Gasteiger charge is 2.04. The van der Waals surface area contributed by atoms with Crippen LogP contribution in [-0.4, -0.2) is 10.7 Å². The third-order valence-electron chi connectivity index (χ3n) is 1.98. The van der Waals surface area contributed by atoms with Crippen molar-refractivity contribution in [2.24, 2.45) is 5.92 Å². The van der Waals surface area contributed by atoms with Crippen LogP contribution >= 0.6 is 27.7 Å². The fourth-order valence-electron chi connectivity index (χ4n) is 1.01. The molecule has 3 heteroatoms. The third-order valence-corrected chi connectivity index (χ3v) is 4.27. The molecule has 1 heterocycles. The summed E-state index contributed by atoms with van der Waals surface area (Å²) in [6.45, 7) is 6.59. The number of hydrogen-bond acceptors (Lipinski definition) is 2. The van der Waals surface area contributed by atoms with Crippen molar-refractivity contribution < 1.29 is 0 Å². The molecule has 0 spiro atoms. The zero-order valence-corrected chi connectivity index (χ0v) is 11.3. The van der Waals surface area contributed by atoms with Crippen LogP contribution in [0.3, 0.4) is 0 Å². The first kappa shape index (κ1) is 12.1. The van der Waals surface area contributed by atoms with Crippen LogP contribution in [0.4, 0.5) is 0 Å². The van der Waals surface area contributed by atoms with E-state index in [0.717, 1.165) is 21.2 Å². The van der Waals surface area contributed by atoms with Crippen molar-refractivity contribution in [1.29, 1.82) is 0 Å². The number of aromatic nitrogens is 1. The molecule has 0 unspecified atom stereocenters. The Morgan fingerprint density at radius 3 is 2.86 bits per heavy atom. The summed E-state index contributed by atoms with van der Waals surface area (Å²) in [6.07, 6.45) is 3.12. The molecule has 0 aromatic carbocycles. The lowest BCUT2D eigenvalue weighted by Crippen LogP contribution is -1.91. The molecular formula is C11H16BrNS. The number of aryl methyl sites for hydroxylation is 1. The van der Waals surface area contributed by atoms with Crippen LogP contribution in [-0.2, 0) is 0 Å². The van der Waals surface area contributed by atoms with E-state index in [1.165, 1.54) is 12.0 Å². The lowest BCUT2D eigenvalue weighted by molar-refractivity contribution is 0.632. The third kappa shape index (κ3) is 3.62. The van der Waals surface area contributed by atoms with Gasteiger partial charge >= 0.3 is 0 Å². The number of hydrogen-bond donors (Lipinski definition) is 0. The van der Waals surface area contributed by atoms with Crippen molar-refractivity contribution >= 4 is 27.7 Å². The van der Waals surface area contributed by atoms with E-state index in [-0.39, 0.29) is 0 Å². The normalized spacial score (nSPS) is 10.9. The summed E-state index contributed by atoms with van der Waals surface area (Å²) in [6, 6.07) is 2.02. The molecule has 1 rings (SSSR count). The smallest absolute Gasteiger partial charge is 0.110 e. The predicted molar refractivity (Wildman–Crippen MR) is 66.9 cm³/mol. The van der Waals surface area contributed by atoms with E-state index in [4.69, 9.17) is 0 Å². The van der Waals surface area contributed by atoms with E-state index in [2.05, 4.69) is 41.7 Å². The van der Waals surface area contributed by atoms with E-state index in [1.54, 1.807) is 0 Å². The number of pyridine rings is 1. The average Bonchev–Trinajstić information content (AvgIpc) is 2.12. The lowest BCUT2D eigenvalue weighted by Gasteiger charge is -2.06. The summed E-state index contributed by atoms with van der Waals surface area (Å²) in [5.41, 5.74) is 1.26. The van der Waals surface area contributed by atoms with Crippen molar-refractivity contribution in [2.45, 2.75) is 32.2 Å². The molecule has 0 aliphatic carbocycles. The monoisotopic (exact) mass is 273 g/mol. The average molecular weight is 274 g/mol. The minimum absolute atomic E-state index is 0.770. The molecule has 1 aromatic rings. The summed E-state index contributed by atoms with van der Waals surface area (Å²) in [5, 5.41) is 1.12. The molecule has 0 saturated carbocycles. The Morgan fingerprint density at radius 2 is 2.21 bits per heavy atom. The minimum Gasteiger partial charge on any atom is -0.249 e. The number of rotatable bonds is 4. The molecular weight excluding hydrogens is 258 g/mol. The van der Waals surface area contributed by atoms with Crippen molar-refractivity contribution in [2.75, 3.05) is 5.75 Å². The van der Waals surface area contributed by atoms with Crippen molar-refractivity contribution in [3.05, 3.63) is 22.3 Å². The van der Waals surface area contributed by atoms with Gasteiger partial charge in [0.1, 0.15) is 5.03 Å². The fourth-order valence-corrected chi connectivity index (χ4v) is 2.79. The number of halogens is 1. The van der Waals surface area contributed by atoms with Crippen LogP contribution in [0.5, 0.6) is 0 Å². The maximum absolute atomic E-state index is 4.35. The van der Waals surface area contributed by atoms with Gasteiger partial charge < -0.3 is 0 Å². The van der Waals surface area contributed by atoms with Crippen LogP contribution in [0, 0.1) is 12.8 Å².